The van der Waals surface area contributed by atoms with Gasteiger partial charge in [-0.15, -0.1) is 0 Å². The zero-order valence-electron chi connectivity index (χ0n) is 23.6. The molecular formula is C31H38ClN3O7. The van der Waals surface area contributed by atoms with E-state index in [2.05, 4.69) is 10.6 Å². The summed E-state index contributed by atoms with van der Waals surface area (Å²) in [4.78, 5) is 52.7. The van der Waals surface area contributed by atoms with Crippen LogP contribution in [0, 0.1) is 5.92 Å². The van der Waals surface area contributed by atoms with Crippen LogP contribution in [0.4, 0.5) is 4.79 Å². The standard InChI is InChI=1S/C31H38ClN3O7/c32-24-11-6-9-22(17-24)20-42-31(40)34-26(18-21-7-2-1-3-8-21)29(37)33-25(30(38)39)13-14-28(36)35-15-16-41-27-12-5-4-10-23(27)19-35/h4-6,9-12,17,21,25-26H,1-3,7-8,13-16,18-20H2,(H,33,37)(H,34,40)(H,38,39)/t25-,26-/m0/s1. The summed E-state index contributed by atoms with van der Waals surface area (Å²) >= 11 is 6.00. The number of rotatable bonds is 11. The Bertz CT molecular complexity index is 1250. The molecule has 1 aliphatic carbocycles. The Balaban J connectivity index is 1.35. The van der Waals surface area contributed by atoms with Gasteiger partial charge in [-0.1, -0.05) is 74.0 Å². The molecule has 0 spiro atoms. The van der Waals surface area contributed by atoms with Crippen molar-refractivity contribution in [1.82, 2.24) is 15.5 Å². The molecule has 0 unspecified atom stereocenters. The lowest BCUT2D eigenvalue weighted by molar-refractivity contribution is -0.142. The summed E-state index contributed by atoms with van der Waals surface area (Å²) < 4.78 is 11.0. The van der Waals surface area contributed by atoms with Gasteiger partial charge in [0, 0.05) is 23.6 Å². The van der Waals surface area contributed by atoms with E-state index < -0.39 is 30.1 Å². The number of carbonyl (C=O) groups is 4. The minimum absolute atomic E-state index is 0.0317. The molecule has 3 N–H and O–H groups in total. The summed E-state index contributed by atoms with van der Waals surface area (Å²) in [7, 11) is 0. The van der Waals surface area contributed by atoms with Crippen LogP contribution in [0.5, 0.6) is 5.75 Å². The lowest BCUT2D eigenvalue weighted by atomic mass is 9.84. The van der Waals surface area contributed by atoms with Crippen LogP contribution in [-0.2, 0) is 32.3 Å². The van der Waals surface area contributed by atoms with E-state index in [1.165, 1.54) is 0 Å². The molecule has 1 aliphatic heterocycles. The highest BCUT2D eigenvalue weighted by Gasteiger charge is 2.31. The number of halogens is 1. The van der Waals surface area contributed by atoms with Crippen molar-refractivity contribution >= 4 is 35.5 Å². The Hall–Kier alpha value is -3.79. The van der Waals surface area contributed by atoms with Gasteiger partial charge in [0.2, 0.25) is 11.8 Å². The van der Waals surface area contributed by atoms with Crippen LogP contribution in [-0.4, -0.2) is 59.1 Å². The minimum Gasteiger partial charge on any atom is -0.491 e. The third kappa shape index (κ3) is 9.37. The lowest BCUT2D eigenvalue weighted by Crippen LogP contribution is -2.52. The van der Waals surface area contributed by atoms with Gasteiger partial charge in [0.15, 0.2) is 0 Å². The average Bonchev–Trinajstić information content (AvgIpc) is 3.21. The molecule has 0 radical (unpaired) electrons. The molecule has 0 bridgehead atoms. The fraction of sp³-hybridized carbons (Fsp3) is 0.484. The predicted octanol–water partition coefficient (Wildman–Crippen LogP) is 4.68. The number of alkyl carbamates (subject to hydrolysis) is 1. The Morgan fingerprint density at radius 3 is 2.57 bits per heavy atom. The van der Waals surface area contributed by atoms with Crippen LogP contribution in [0.1, 0.15) is 62.5 Å². The quantitative estimate of drug-likeness (QED) is 0.341. The van der Waals surface area contributed by atoms with Gasteiger partial charge in [0.25, 0.3) is 0 Å². The molecule has 1 heterocycles. The zero-order chi connectivity index (χ0) is 29.9. The molecule has 42 heavy (non-hydrogen) atoms. The van der Waals surface area contributed by atoms with E-state index in [9.17, 15) is 24.3 Å². The second-order valence-corrected chi connectivity index (χ2v) is 11.3. The summed E-state index contributed by atoms with van der Waals surface area (Å²) in [5.41, 5.74) is 1.58. The first kappa shape index (κ1) is 31.2. The molecule has 10 nitrogen and oxygen atoms in total. The molecule has 226 valence electrons. The molecule has 1 saturated carbocycles. The van der Waals surface area contributed by atoms with Gasteiger partial charge in [-0.2, -0.15) is 0 Å². The van der Waals surface area contributed by atoms with E-state index in [-0.39, 0.29) is 31.3 Å². The van der Waals surface area contributed by atoms with Crippen molar-refractivity contribution in [2.24, 2.45) is 5.92 Å². The first-order valence-corrected chi connectivity index (χ1v) is 14.9. The summed E-state index contributed by atoms with van der Waals surface area (Å²) in [6, 6.07) is 12.1. The average molecular weight is 600 g/mol. The fourth-order valence-electron chi connectivity index (χ4n) is 5.44. The second-order valence-electron chi connectivity index (χ2n) is 10.9. The molecule has 2 aromatic rings. The van der Waals surface area contributed by atoms with Crippen molar-refractivity contribution in [2.75, 3.05) is 13.2 Å². The number of amides is 3. The molecule has 11 heteroatoms. The number of nitrogens with one attached hydrogen (secondary N) is 2. The SMILES string of the molecule is O=C(N[C@@H](CC1CCCCC1)C(=O)N[C@@H](CCC(=O)N1CCOc2ccccc2C1)C(=O)O)OCc1cccc(Cl)c1. The maximum Gasteiger partial charge on any atom is 0.408 e. The second kappa shape index (κ2) is 15.4. The van der Waals surface area contributed by atoms with Crippen LogP contribution in [0.3, 0.4) is 0 Å². The molecule has 3 amide bonds. The van der Waals surface area contributed by atoms with E-state index in [0.717, 1.165) is 43.4 Å². The van der Waals surface area contributed by atoms with E-state index in [0.29, 0.717) is 36.7 Å². The number of benzene rings is 2. The van der Waals surface area contributed by atoms with E-state index >= 15 is 0 Å². The number of hydrogen-bond donors (Lipinski definition) is 3. The predicted molar refractivity (Wildman–Crippen MR) is 156 cm³/mol. The van der Waals surface area contributed by atoms with Crippen molar-refractivity contribution in [2.45, 2.75) is 76.6 Å². The van der Waals surface area contributed by atoms with E-state index in [1.54, 1.807) is 29.2 Å². The van der Waals surface area contributed by atoms with Crippen LogP contribution in [0.2, 0.25) is 5.02 Å². The Morgan fingerprint density at radius 2 is 1.81 bits per heavy atom. The summed E-state index contributed by atoms with van der Waals surface area (Å²) in [6.07, 6.45) is 4.52. The molecule has 2 aromatic carbocycles. The molecule has 4 rings (SSSR count). The van der Waals surface area contributed by atoms with Crippen LogP contribution >= 0.6 is 11.6 Å². The number of ether oxygens (including phenoxy) is 2. The Kier molecular flexibility index (Phi) is 11.5. The first-order chi connectivity index (χ1) is 20.3. The summed E-state index contributed by atoms with van der Waals surface area (Å²) in [5, 5.41) is 15.6. The number of fused-ring (bicyclic) bond motifs is 1. The van der Waals surface area contributed by atoms with Crippen molar-refractivity contribution in [3.05, 3.63) is 64.7 Å². The minimum atomic E-state index is -1.30. The molecular weight excluding hydrogens is 562 g/mol. The fourth-order valence-corrected chi connectivity index (χ4v) is 5.65. The van der Waals surface area contributed by atoms with Gasteiger partial charge < -0.3 is 30.1 Å². The van der Waals surface area contributed by atoms with Crippen molar-refractivity contribution in [3.8, 4) is 5.75 Å². The molecule has 0 saturated heterocycles. The van der Waals surface area contributed by atoms with Gasteiger partial charge in [-0.05, 0) is 42.5 Å². The molecule has 0 aromatic heterocycles. The Labute approximate surface area is 250 Å². The normalized spacial score (nSPS) is 16.6. The van der Waals surface area contributed by atoms with Crippen molar-refractivity contribution in [3.63, 3.8) is 0 Å². The molecule has 2 atom stereocenters. The van der Waals surface area contributed by atoms with Gasteiger partial charge in [0.1, 0.15) is 31.0 Å². The van der Waals surface area contributed by atoms with Gasteiger partial charge >= 0.3 is 12.1 Å². The van der Waals surface area contributed by atoms with Crippen LogP contribution in [0.25, 0.3) is 0 Å². The van der Waals surface area contributed by atoms with Gasteiger partial charge in [-0.3, -0.25) is 9.59 Å². The Morgan fingerprint density at radius 1 is 1.02 bits per heavy atom. The summed E-state index contributed by atoms with van der Waals surface area (Å²) in [5.74, 6) is -1.14. The van der Waals surface area contributed by atoms with Gasteiger partial charge in [0.05, 0.1) is 6.54 Å². The smallest absolute Gasteiger partial charge is 0.408 e. The van der Waals surface area contributed by atoms with Crippen molar-refractivity contribution < 1.29 is 33.8 Å². The largest absolute Gasteiger partial charge is 0.491 e. The highest BCUT2D eigenvalue weighted by atomic mass is 35.5. The number of carbonyl (C=O) groups excluding carboxylic acids is 3. The van der Waals surface area contributed by atoms with Gasteiger partial charge in [-0.25, -0.2) is 9.59 Å². The highest BCUT2D eigenvalue weighted by molar-refractivity contribution is 6.30. The lowest BCUT2D eigenvalue weighted by Gasteiger charge is -2.27. The van der Waals surface area contributed by atoms with E-state index in [4.69, 9.17) is 21.1 Å². The zero-order valence-corrected chi connectivity index (χ0v) is 24.3. The third-order valence-corrected chi connectivity index (χ3v) is 7.96. The van der Waals surface area contributed by atoms with E-state index in [1.807, 2.05) is 24.3 Å². The number of carboxylic acid groups (broad SMARTS) is 1. The number of nitrogens with zero attached hydrogens (tertiary/aromatic N) is 1. The van der Waals surface area contributed by atoms with Crippen LogP contribution < -0.4 is 15.4 Å². The topological polar surface area (TPSA) is 134 Å². The van der Waals surface area contributed by atoms with Crippen LogP contribution in [0.15, 0.2) is 48.5 Å². The maximum atomic E-state index is 13.3. The molecule has 1 fully saturated rings. The molecule has 2 aliphatic rings. The van der Waals surface area contributed by atoms with Crippen molar-refractivity contribution in [1.29, 1.82) is 0 Å². The first-order valence-electron chi connectivity index (χ1n) is 14.5. The monoisotopic (exact) mass is 599 g/mol. The number of hydrogen-bond acceptors (Lipinski definition) is 6. The number of para-hydroxylation sites is 1. The maximum absolute atomic E-state index is 13.3. The number of aliphatic carboxylic acids is 1. The highest BCUT2D eigenvalue weighted by Crippen LogP contribution is 2.28. The summed E-state index contributed by atoms with van der Waals surface area (Å²) in [6.45, 7) is 1.05. The third-order valence-electron chi connectivity index (χ3n) is 7.73. The number of carboxylic acids is 1.